The van der Waals surface area contributed by atoms with E-state index in [9.17, 15) is 9.50 Å². The van der Waals surface area contributed by atoms with Gasteiger partial charge < -0.3 is 10.4 Å². The molecule has 1 atom stereocenters. The molecule has 1 unspecified atom stereocenters. The SMILES string of the molecule is Cc1ccc(F)cc1CNCC(O)c1ccccc1. The molecule has 2 nitrogen and oxygen atoms in total. The Morgan fingerprint density at radius 3 is 2.63 bits per heavy atom. The Labute approximate surface area is 112 Å². The lowest BCUT2D eigenvalue weighted by Crippen LogP contribution is -2.21. The molecule has 0 saturated carbocycles. The van der Waals surface area contributed by atoms with Gasteiger partial charge in [0.2, 0.25) is 0 Å². The molecule has 100 valence electrons. The lowest BCUT2D eigenvalue weighted by molar-refractivity contribution is 0.174. The van der Waals surface area contributed by atoms with Crippen molar-refractivity contribution >= 4 is 0 Å². The van der Waals surface area contributed by atoms with E-state index in [-0.39, 0.29) is 5.82 Å². The maximum absolute atomic E-state index is 13.1. The van der Waals surface area contributed by atoms with Gasteiger partial charge in [-0.25, -0.2) is 4.39 Å². The van der Waals surface area contributed by atoms with Crippen molar-refractivity contribution in [2.24, 2.45) is 0 Å². The van der Waals surface area contributed by atoms with Gasteiger partial charge in [-0.15, -0.1) is 0 Å². The quantitative estimate of drug-likeness (QED) is 0.865. The molecule has 2 aromatic rings. The van der Waals surface area contributed by atoms with Crippen LogP contribution in [0.25, 0.3) is 0 Å². The summed E-state index contributed by atoms with van der Waals surface area (Å²) in [5.74, 6) is -0.231. The molecular formula is C16H18FNO. The van der Waals surface area contributed by atoms with Crippen molar-refractivity contribution in [2.75, 3.05) is 6.54 Å². The number of aryl methyl sites for hydroxylation is 1. The standard InChI is InChI=1S/C16H18FNO/c1-12-7-8-15(17)9-14(12)10-18-11-16(19)13-5-3-2-4-6-13/h2-9,16,18-19H,10-11H2,1H3. The summed E-state index contributed by atoms with van der Waals surface area (Å²) < 4.78 is 13.1. The third-order valence-corrected chi connectivity index (χ3v) is 3.15. The fraction of sp³-hybridized carbons (Fsp3) is 0.250. The summed E-state index contributed by atoms with van der Waals surface area (Å²) in [7, 11) is 0. The lowest BCUT2D eigenvalue weighted by Gasteiger charge is -2.13. The summed E-state index contributed by atoms with van der Waals surface area (Å²) in [4.78, 5) is 0. The fourth-order valence-corrected chi connectivity index (χ4v) is 1.97. The van der Waals surface area contributed by atoms with Crippen LogP contribution in [0.4, 0.5) is 4.39 Å². The van der Waals surface area contributed by atoms with E-state index in [0.29, 0.717) is 13.1 Å². The summed E-state index contributed by atoms with van der Waals surface area (Å²) in [6, 6.07) is 14.2. The largest absolute Gasteiger partial charge is 0.387 e. The highest BCUT2D eigenvalue weighted by Crippen LogP contribution is 2.12. The first-order valence-electron chi connectivity index (χ1n) is 6.35. The number of rotatable bonds is 5. The van der Waals surface area contributed by atoms with E-state index in [1.165, 1.54) is 12.1 Å². The van der Waals surface area contributed by atoms with Crippen molar-refractivity contribution in [2.45, 2.75) is 19.6 Å². The van der Waals surface area contributed by atoms with Crippen molar-refractivity contribution in [3.05, 3.63) is 71.0 Å². The second-order valence-corrected chi connectivity index (χ2v) is 4.63. The van der Waals surface area contributed by atoms with Crippen LogP contribution in [0.3, 0.4) is 0 Å². The third-order valence-electron chi connectivity index (χ3n) is 3.15. The Kier molecular flexibility index (Phi) is 4.66. The first-order valence-corrected chi connectivity index (χ1v) is 6.35. The van der Waals surface area contributed by atoms with E-state index >= 15 is 0 Å². The Morgan fingerprint density at radius 1 is 1.16 bits per heavy atom. The van der Waals surface area contributed by atoms with Gasteiger partial charge in [0.05, 0.1) is 6.10 Å². The van der Waals surface area contributed by atoms with E-state index in [0.717, 1.165) is 16.7 Å². The van der Waals surface area contributed by atoms with Crippen LogP contribution in [-0.4, -0.2) is 11.7 Å². The fourth-order valence-electron chi connectivity index (χ4n) is 1.97. The maximum Gasteiger partial charge on any atom is 0.123 e. The zero-order valence-corrected chi connectivity index (χ0v) is 10.9. The number of benzene rings is 2. The Bertz CT molecular complexity index is 528. The molecule has 0 spiro atoms. The van der Waals surface area contributed by atoms with Gasteiger partial charge in [0.25, 0.3) is 0 Å². The third kappa shape index (κ3) is 3.88. The van der Waals surface area contributed by atoms with Crippen molar-refractivity contribution < 1.29 is 9.50 Å². The van der Waals surface area contributed by atoms with Crippen molar-refractivity contribution in [1.29, 1.82) is 0 Å². The van der Waals surface area contributed by atoms with E-state index in [1.807, 2.05) is 37.3 Å². The summed E-state index contributed by atoms with van der Waals surface area (Å²) in [6.07, 6.45) is -0.546. The summed E-state index contributed by atoms with van der Waals surface area (Å²) in [5, 5.41) is 13.1. The van der Waals surface area contributed by atoms with Crippen LogP contribution in [0.1, 0.15) is 22.8 Å². The van der Waals surface area contributed by atoms with Crippen LogP contribution < -0.4 is 5.32 Å². The molecule has 0 saturated heterocycles. The van der Waals surface area contributed by atoms with E-state index in [1.54, 1.807) is 6.07 Å². The van der Waals surface area contributed by atoms with Gasteiger partial charge in [0.15, 0.2) is 0 Å². The van der Waals surface area contributed by atoms with Crippen LogP contribution in [0.5, 0.6) is 0 Å². The molecule has 0 amide bonds. The predicted molar refractivity (Wildman–Crippen MR) is 74.2 cm³/mol. The van der Waals surface area contributed by atoms with Crippen LogP contribution in [0.2, 0.25) is 0 Å². The molecular weight excluding hydrogens is 241 g/mol. The van der Waals surface area contributed by atoms with Crippen LogP contribution in [0.15, 0.2) is 48.5 Å². The van der Waals surface area contributed by atoms with Crippen LogP contribution in [0, 0.1) is 12.7 Å². The first-order chi connectivity index (χ1) is 9.16. The van der Waals surface area contributed by atoms with E-state index in [2.05, 4.69) is 5.32 Å². The molecule has 2 N–H and O–H groups in total. The number of aliphatic hydroxyl groups excluding tert-OH is 1. The monoisotopic (exact) mass is 259 g/mol. The highest BCUT2D eigenvalue weighted by atomic mass is 19.1. The Balaban J connectivity index is 1.88. The van der Waals surface area contributed by atoms with Gasteiger partial charge in [-0.3, -0.25) is 0 Å². The zero-order chi connectivity index (χ0) is 13.7. The number of hydrogen-bond donors (Lipinski definition) is 2. The molecule has 0 aliphatic carbocycles. The molecule has 0 aromatic heterocycles. The second kappa shape index (κ2) is 6.45. The van der Waals surface area contributed by atoms with Gasteiger partial charge in [0, 0.05) is 13.1 Å². The summed E-state index contributed by atoms with van der Waals surface area (Å²) in [5.41, 5.74) is 2.84. The lowest BCUT2D eigenvalue weighted by atomic mass is 10.1. The average molecular weight is 259 g/mol. The Hall–Kier alpha value is -1.71. The minimum Gasteiger partial charge on any atom is -0.387 e. The summed E-state index contributed by atoms with van der Waals surface area (Å²) in [6.45, 7) is 2.94. The van der Waals surface area contributed by atoms with Gasteiger partial charge in [-0.05, 0) is 35.7 Å². The molecule has 0 bridgehead atoms. The van der Waals surface area contributed by atoms with Crippen LogP contribution in [-0.2, 0) is 6.54 Å². The predicted octanol–water partition coefficient (Wildman–Crippen LogP) is 2.96. The molecule has 0 aliphatic heterocycles. The van der Waals surface area contributed by atoms with E-state index in [4.69, 9.17) is 0 Å². The van der Waals surface area contributed by atoms with Gasteiger partial charge in [-0.2, -0.15) is 0 Å². The average Bonchev–Trinajstić information content (AvgIpc) is 2.43. The minimum absolute atomic E-state index is 0.231. The maximum atomic E-state index is 13.1. The number of nitrogens with one attached hydrogen (secondary N) is 1. The van der Waals surface area contributed by atoms with Crippen LogP contribution >= 0.6 is 0 Å². The molecule has 3 heteroatoms. The Morgan fingerprint density at radius 2 is 1.89 bits per heavy atom. The van der Waals surface area contributed by atoms with Gasteiger partial charge in [-0.1, -0.05) is 36.4 Å². The van der Waals surface area contributed by atoms with Crippen molar-refractivity contribution in [3.8, 4) is 0 Å². The molecule has 19 heavy (non-hydrogen) atoms. The molecule has 2 rings (SSSR count). The number of aliphatic hydroxyl groups is 1. The molecule has 2 aromatic carbocycles. The van der Waals surface area contributed by atoms with Crippen molar-refractivity contribution in [1.82, 2.24) is 5.32 Å². The molecule has 0 heterocycles. The molecule has 0 radical (unpaired) electrons. The normalized spacial score (nSPS) is 12.4. The minimum atomic E-state index is -0.546. The summed E-state index contributed by atoms with van der Waals surface area (Å²) >= 11 is 0. The van der Waals surface area contributed by atoms with Crippen molar-refractivity contribution in [3.63, 3.8) is 0 Å². The highest BCUT2D eigenvalue weighted by molar-refractivity contribution is 5.26. The first kappa shape index (κ1) is 13.7. The molecule has 0 aliphatic rings. The number of halogens is 1. The number of hydrogen-bond acceptors (Lipinski definition) is 2. The zero-order valence-electron chi connectivity index (χ0n) is 10.9. The topological polar surface area (TPSA) is 32.3 Å². The highest BCUT2D eigenvalue weighted by Gasteiger charge is 2.06. The van der Waals surface area contributed by atoms with Gasteiger partial charge in [0.1, 0.15) is 5.82 Å². The molecule has 0 fully saturated rings. The second-order valence-electron chi connectivity index (χ2n) is 4.63. The van der Waals surface area contributed by atoms with Gasteiger partial charge >= 0.3 is 0 Å². The van der Waals surface area contributed by atoms with E-state index < -0.39 is 6.10 Å². The smallest absolute Gasteiger partial charge is 0.123 e.